The summed E-state index contributed by atoms with van der Waals surface area (Å²) < 4.78 is 0. The zero-order valence-corrected chi connectivity index (χ0v) is 10.0. The number of hydrogen-bond donors (Lipinski definition) is 2. The summed E-state index contributed by atoms with van der Waals surface area (Å²) in [5, 5.41) is 12.1. The molecule has 1 aliphatic heterocycles. The molecule has 0 radical (unpaired) electrons. The summed E-state index contributed by atoms with van der Waals surface area (Å²) >= 11 is 0. The Labute approximate surface area is 101 Å². The van der Waals surface area contributed by atoms with Gasteiger partial charge in [-0.1, -0.05) is 12.8 Å². The Balaban J connectivity index is 1.93. The van der Waals surface area contributed by atoms with Crippen LogP contribution in [0.5, 0.6) is 0 Å². The number of piperidine rings is 1. The topological polar surface area (TPSA) is 69.6 Å². The first-order valence-corrected chi connectivity index (χ1v) is 6.48. The van der Waals surface area contributed by atoms with Gasteiger partial charge < -0.3 is 15.3 Å². The molecule has 0 bridgehead atoms. The van der Waals surface area contributed by atoms with Crippen LogP contribution < -0.4 is 5.32 Å². The van der Waals surface area contributed by atoms with E-state index >= 15 is 0 Å². The fourth-order valence-electron chi connectivity index (χ4n) is 2.76. The average molecular weight is 240 g/mol. The molecule has 0 spiro atoms. The number of carboxylic acids is 1. The smallest absolute Gasteiger partial charge is 0.326 e. The van der Waals surface area contributed by atoms with Crippen LogP contribution in [0.25, 0.3) is 0 Å². The number of rotatable bonds is 2. The molecule has 17 heavy (non-hydrogen) atoms. The maximum atomic E-state index is 12.0. The van der Waals surface area contributed by atoms with Gasteiger partial charge in [0.1, 0.15) is 6.04 Å². The van der Waals surface area contributed by atoms with Gasteiger partial charge in [0.25, 0.3) is 0 Å². The highest BCUT2D eigenvalue weighted by atomic mass is 16.4. The van der Waals surface area contributed by atoms with E-state index in [0.29, 0.717) is 13.0 Å². The Kier molecular flexibility index (Phi) is 3.86. The summed E-state index contributed by atoms with van der Waals surface area (Å²) in [7, 11) is 0. The van der Waals surface area contributed by atoms with Gasteiger partial charge in [-0.25, -0.2) is 9.59 Å². The highest BCUT2D eigenvalue weighted by Crippen LogP contribution is 2.20. The van der Waals surface area contributed by atoms with Crippen LogP contribution in [0.15, 0.2) is 0 Å². The van der Waals surface area contributed by atoms with Crippen LogP contribution in [0.1, 0.15) is 44.9 Å². The second kappa shape index (κ2) is 5.38. The lowest BCUT2D eigenvalue weighted by Gasteiger charge is -2.33. The third kappa shape index (κ3) is 2.90. The van der Waals surface area contributed by atoms with Gasteiger partial charge in [-0.05, 0) is 32.1 Å². The van der Waals surface area contributed by atoms with Crippen LogP contribution in [0.4, 0.5) is 4.79 Å². The van der Waals surface area contributed by atoms with Gasteiger partial charge in [0.05, 0.1) is 0 Å². The number of aliphatic carboxylic acids is 1. The van der Waals surface area contributed by atoms with Gasteiger partial charge in [-0.3, -0.25) is 0 Å². The Hall–Kier alpha value is -1.26. The van der Waals surface area contributed by atoms with Crippen molar-refractivity contribution in [1.29, 1.82) is 0 Å². The minimum Gasteiger partial charge on any atom is -0.480 e. The molecule has 2 fully saturated rings. The first-order chi connectivity index (χ1) is 8.18. The van der Waals surface area contributed by atoms with Gasteiger partial charge >= 0.3 is 12.0 Å². The summed E-state index contributed by atoms with van der Waals surface area (Å²) in [4.78, 5) is 24.6. The van der Waals surface area contributed by atoms with E-state index < -0.39 is 12.0 Å². The predicted molar refractivity (Wildman–Crippen MR) is 62.8 cm³/mol. The first-order valence-electron chi connectivity index (χ1n) is 6.48. The Bertz CT molecular complexity index is 300. The lowest BCUT2D eigenvalue weighted by atomic mass is 10.0. The number of nitrogens with zero attached hydrogens (tertiary/aromatic N) is 1. The van der Waals surface area contributed by atoms with Crippen molar-refractivity contribution in [2.75, 3.05) is 6.54 Å². The van der Waals surface area contributed by atoms with Crippen molar-refractivity contribution >= 4 is 12.0 Å². The summed E-state index contributed by atoms with van der Waals surface area (Å²) in [5.74, 6) is -0.883. The van der Waals surface area contributed by atoms with E-state index in [1.54, 1.807) is 0 Å². The number of amides is 2. The van der Waals surface area contributed by atoms with E-state index in [4.69, 9.17) is 5.11 Å². The zero-order chi connectivity index (χ0) is 12.3. The summed E-state index contributed by atoms with van der Waals surface area (Å²) in [6.45, 7) is 0.565. The number of likely N-dealkylation sites (tertiary alicyclic amines) is 1. The monoisotopic (exact) mass is 240 g/mol. The predicted octanol–water partition coefficient (Wildman–Crippen LogP) is 1.58. The average Bonchev–Trinajstić information content (AvgIpc) is 2.81. The molecular weight excluding hydrogens is 220 g/mol. The van der Waals surface area contributed by atoms with Crippen LogP contribution in [-0.4, -0.2) is 40.6 Å². The van der Waals surface area contributed by atoms with Crippen molar-refractivity contribution < 1.29 is 14.7 Å². The number of carbonyl (C=O) groups excluding carboxylic acids is 1. The molecule has 1 heterocycles. The zero-order valence-electron chi connectivity index (χ0n) is 10.0. The molecule has 2 rings (SSSR count). The lowest BCUT2D eigenvalue weighted by molar-refractivity contribution is -0.143. The van der Waals surface area contributed by atoms with Crippen molar-refractivity contribution in [3.8, 4) is 0 Å². The number of nitrogens with one attached hydrogen (secondary N) is 1. The number of carbonyl (C=O) groups is 2. The molecule has 1 atom stereocenters. The van der Waals surface area contributed by atoms with E-state index in [1.165, 1.54) is 4.90 Å². The minimum atomic E-state index is -0.883. The third-order valence-corrected chi connectivity index (χ3v) is 3.73. The number of hydrogen-bond acceptors (Lipinski definition) is 2. The summed E-state index contributed by atoms with van der Waals surface area (Å²) in [5.41, 5.74) is 0. The molecule has 0 unspecified atom stereocenters. The minimum absolute atomic E-state index is 0.191. The summed E-state index contributed by atoms with van der Waals surface area (Å²) in [6, 6.07) is -0.576. The molecule has 5 heteroatoms. The molecule has 5 nitrogen and oxygen atoms in total. The number of carboxylic acid groups (broad SMARTS) is 1. The highest BCUT2D eigenvalue weighted by molar-refractivity contribution is 5.83. The molecule has 0 aromatic carbocycles. The molecule has 1 saturated carbocycles. The molecule has 1 saturated heterocycles. The Morgan fingerprint density at radius 1 is 1.06 bits per heavy atom. The van der Waals surface area contributed by atoms with Crippen molar-refractivity contribution in [3.05, 3.63) is 0 Å². The second-order valence-electron chi connectivity index (χ2n) is 4.97. The second-order valence-corrected chi connectivity index (χ2v) is 4.97. The Morgan fingerprint density at radius 3 is 2.35 bits per heavy atom. The first kappa shape index (κ1) is 12.2. The normalized spacial score (nSPS) is 25.9. The van der Waals surface area contributed by atoms with Gasteiger partial charge in [0.2, 0.25) is 0 Å². The van der Waals surface area contributed by atoms with Crippen molar-refractivity contribution in [3.63, 3.8) is 0 Å². The van der Waals surface area contributed by atoms with Gasteiger partial charge in [0.15, 0.2) is 0 Å². The molecule has 1 aliphatic carbocycles. The standard InChI is InChI=1S/C12H20N2O3/c15-11(16)10-7-3-4-8-14(10)12(17)13-9-5-1-2-6-9/h9-10H,1-8H2,(H,13,17)(H,15,16)/t10-/m1/s1. The van der Waals surface area contributed by atoms with Gasteiger partial charge in [0, 0.05) is 12.6 Å². The number of urea groups is 1. The fraction of sp³-hybridized carbons (Fsp3) is 0.833. The van der Waals surface area contributed by atoms with Crippen LogP contribution in [0.3, 0.4) is 0 Å². The van der Waals surface area contributed by atoms with Crippen molar-refractivity contribution in [2.24, 2.45) is 0 Å². The highest BCUT2D eigenvalue weighted by Gasteiger charge is 2.32. The molecule has 0 aromatic heterocycles. The van der Waals surface area contributed by atoms with E-state index in [9.17, 15) is 9.59 Å². The maximum Gasteiger partial charge on any atom is 0.326 e. The van der Waals surface area contributed by atoms with Crippen LogP contribution in [-0.2, 0) is 4.79 Å². The van der Waals surface area contributed by atoms with Gasteiger partial charge in [-0.15, -0.1) is 0 Å². The SMILES string of the molecule is O=C(O)[C@H]1CCCCN1C(=O)NC1CCCC1. The van der Waals surface area contributed by atoms with E-state index in [-0.39, 0.29) is 12.1 Å². The molecule has 2 N–H and O–H groups in total. The van der Waals surface area contributed by atoms with Gasteiger partial charge in [-0.2, -0.15) is 0 Å². The van der Waals surface area contributed by atoms with E-state index in [0.717, 1.165) is 38.5 Å². The molecule has 2 amide bonds. The fourth-order valence-corrected chi connectivity index (χ4v) is 2.76. The lowest BCUT2D eigenvalue weighted by Crippen LogP contribution is -2.53. The molecule has 2 aliphatic rings. The molecule has 96 valence electrons. The van der Waals surface area contributed by atoms with Crippen LogP contribution in [0, 0.1) is 0 Å². The largest absolute Gasteiger partial charge is 0.480 e. The van der Waals surface area contributed by atoms with E-state index in [2.05, 4.69) is 5.32 Å². The maximum absolute atomic E-state index is 12.0. The van der Waals surface area contributed by atoms with E-state index in [1.807, 2.05) is 0 Å². The Morgan fingerprint density at radius 2 is 1.71 bits per heavy atom. The van der Waals surface area contributed by atoms with Crippen molar-refractivity contribution in [1.82, 2.24) is 10.2 Å². The molecular formula is C12H20N2O3. The van der Waals surface area contributed by atoms with Crippen LogP contribution >= 0.6 is 0 Å². The van der Waals surface area contributed by atoms with Crippen molar-refractivity contribution in [2.45, 2.75) is 57.0 Å². The summed E-state index contributed by atoms with van der Waals surface area (Å²) in [6.07, 6.45) is 6.74. The molecule has 0 aromatic rings. The van der Waals surface area contributed by atoms with Crippen LogP contribution in [0.2, 0.25) is 0 Å². The third-order valence-electron chi connectivity index (χ3n) is 3.73. The quantitative estimate of drug-likeness (QED) is 0.770.